The molecule has 0 saturated heterocycles. The normalized spacial score (nSPS) is 20.3. The molecule has 0 spiro atoms. The molecule has 5 N–H and O–H groups in total. The summed E-state index contributed by atoms with van der Waals surface area (Å²) in [5.41, 5.74) is 11.7. The lowest BCUT2D eigenvalue weighted by Crippen LogP contribution is -2.44. The van der Waals surface area contributed by atoms with Gasteiger partial charge >= 0.3 is 5.97 Å². The summed E-state index contributed by atoms with van der Waals surface area (Å²) < 4.78 is 13.0. The molecule has 0 saturated carbocycles. The molecule has 3 aliphatic rings. The zero-order chi connectivity index (χ0) is 28.9. The fourth-order valence-corrected chi connectivity index (χ4v) is 6.48. The maximum atomic E-state index is 13.6. The Bertz CT molecular complexity index is 1630. The molecule has 3 aromatic rings. The molecule has 0 fully saturated rings. The number of pyridine rings is 2. The van der Waals surface area contributed by atoms with E-state index in [4.69, 9.17) is 25.4 Å². The van der Waals surface area contributed by atoms with Crippen LogP contribution in [0, 0.1) is 0 Å². The van der Waals surface area contributed by atoms with Crippen molar-refractivity contribution >= 4 is 22.8 Å². The molecule has 2 aromatic heterocycles. The molecule has 0 bridgehead atoms. The summed E-state index contributed by atoms with van der Waals surface area (Å²) in [6, 6.07) is 5.35. The lowest BCUT2D eigenvalue weighted by atomic mass is 9.83. The van der Waals surface area contributed by atoms with Crippen LogP contribution in [0.3, 0.4) is 0 Å². The van der Waals surface area contributed by atoms with Crippen LogP contribution in [0.2, 0.25) is 0 Å². The minimum atomic E-state index is -1.87. The molecule has 1 aliphatic carbocycles. The van der Waals surface area contributed by atoms with E-state index in [-0.39, 0.29) is 30.5 Å². The highest BCUT2D eigenvalue weighted by Crippen LogP contribution is 2.46. The van der Waals surface area contributed by atoms with Gasteiger partial charge in [0.1, 0.15) is 12.4 Å². The van der Waals surface area contributed by atoms with Crippen molar-refractivity contribution in [3.8, 4) is 17.1 Å². The number of esters is 1. The van der Waals surface area contributed by atoms with E-state index in [9.17, 15) is 19.5 Å². The summed E-state index contributed by atoms with van der Waals surface area (Å²) >= 11 is 0. The summed E-state index contributed by atoms with van der Waals surface area (Å²) in [6.45, 7) is 2.36. The van der Waals surface area contributed by atoms with Crippen LogP contribution in [0.25, 0.3) is 22.3 Å². The number of cyclic esters (lactones) is 1. The highest BCUT2D eigenvalue weighted by molar-refractivity contribution is 5.93. The average molecular weight is 563 g/mol. The zero-order valence-corrected chi connectivity index (χ0v) is 23.0. The Balaban J connectivity index is 1.33. The van der Waals surface area contributed by atoms with E-state index >= 15 is 0 Å². The molecule has 216 valence electrons. The number of hydrogen-bond donors (Lipinski definition) is 4. The first kappa shape index (κ1) is 27.4. The molecule has 0 radical (unpaired) electrons. The average Bonchev–Trinajstić information content (AvgIpc) is 3.35. The zero-order valence-electron chi connectivity index (χ0n) is 23.0. The maximum Gasteiger partial charge on any atom is 0.343 e. The van der Waals surface area contributed by atoms with Crippen molar-refractivity contribution in [2.24, 2.45) is 5.73 Å². The third-order valence-electron chi connectivity index (χ3n) is 8.72. The lowest BCUT2D eigenvalue weighted by Gasteiger charge is -2.31. The van der Waals surface area contributed by atoms with Gasteiger partial charge in [-0.2, -0.15) is 0 Å². The van der Waals surface area contributed by atoms with Crippen LogP contribution >= 0.6 is 0 Å². The second-order valence-electron chi connectivity index (χ2n) is 11.1. The molecule has 1 amide bonds. The largest absolute Gasteiger partial charge is 0.493 e. The molecule has 4 heterocycles. The summed E-state index contributed by atoms with van der Waals surface area (Å²) in [5.74, 6) is -0.312. The number of aryl methyl sites for hydroxylation is 1. The smallest absolute Gasteiger partial charge is 0.343 e. The van der Waals surface area contributed by atoms with Crippen molar-refractivity contribution in [2.45, 2.75) is 83.1 Å². The Morgan fingerprint density at radius 3 is 2.80 bits per heavy atom. The fraction of sp³-hybridized carbons (Fsp3) is 0.467. The molecule has 1 aromatic carbocycles. The van der Waals surface area contributed by atoms with E-state index < -0.39 is 11.6 Å². The van der Waals surface area contributed by atoms with E-state index in [0.29, 0.717) is 48.5 Å². The number of nitrogens with two attached hydrogens (primary N) is 1. The van der Waals surface area contributed by atoms with Gasteiger partial charge in [0.25, 0.3) is 5.56 Å². The van der Waals surface area contributed by atoms with Crippen LogP contribution in [0.1, 0.15) is 85.7 Å². The van der Waals surface area contributed by atoms with E-state index in [0.717, 1.165) is 65.4 Å². The van der Waals surface area contributed by atoms with Gasteiger partial charge in [-0.15, -0.1) is 0 Å². The van der Waals surface area contributed by atoms with Crippen molar-refractivity contribution in [2.75, 3.05) is 6.61 Å². The van der Waals surface area contributed by atoms with Gasteiger partial charge in [0.15, 0.2) is 5.60 Å². The van der Waals surface area contributed by atoms with E-state index in [1.165, 1.54) is 0 Å². The van der Waals surface area contributed by atoms with Crippen molar-refractivity contribution in [3.63, 3.8) is 0 Å². The van der Waals surface area contributed by atoms with Gasteiger partial charge < -0.3 is 24.9 Å². The number of carbonyl (C=O) groups excluding carboxylic acids is 2. The van der Waals surface area contributed by atoms with Gasteiger partial charge in [0.2, 0.25) is 5.91 Å². The Labute approximate surface area is 236 Å². The van der Waals surface area contributed by atoms with E-state index in [1.54, 1.807) is 23.0 Å². The van der Waals surface area contributed by atoms with E-state index in [1.807, 2.05) is 12.1 Å². The Morgan fingerprint density at radius 1 is 1.22 bits per heavy atom. The van der Waals surface area contributed by atoms with Crippen molar-refractivity contribution < 1.29 is 29.4 Å². The molecule has 6 rings (SSSR count). The third kappa shape index (κ3) is 4.39. The second-order valence-corrected chi connectivity index (χ2v) is 11.1. The SMILES string of the molecule is CC[C@@]1(O)C(=O)OCc2c1cc1n(c2=O)Cc2c-1nc1ccc(OCCCCCCC(=O)NO)c3c1c2[C@@H](N)CC3. The lowest BCUT2D eigenvalue weighted by molar-refractivity contribution is -0.172. The first-order chi connectivity index (χ1) is 19.8. The molecular formula is C30H34N4O7. The Kier molecular flexibility index (Phi) is 7.04. The minimum Gasteiger partial charge on any atom is -0.493 e. The summed E-state index contributed by atoms with van der Waals surface area (Å²) in [4.78, 5) is 42.2. The monoisotopic (exact) mass is 562 g/mol. The third-order valence-corrected chi connectivity index (χ3v) is 8.72. The molecule has 2 aliphatic heterocycles. The summed E-state index contributed by atoms with van der Waals surface area (Å²) in [6.07, 6.45) is 5.20. The predicted molar refractivity (Wildman–Crippen MR) is 148 cm³/mol. The standard InChI is InChI=1S/C30H34N4O7/c1-2-30(38)19-13-22-27-17(14-34(22)28(36)18(19)15-41-29(30)37)25-20(31)9-8-16-23(11-10-21(32-27)26(16)25)40-12-6-4-3-5-7-24(35)33-39/h10-11,13,20,38-39H,2-9,12,14-15,31H2,1H3,(H,33,35)/t20-,30-/m0/s1. The Hall–Kier alpha value is -3.80. The number of ether oxygens (including phenoxy) is 2. The topological polar surface area (TPSA) is 166 Å². The van der Waals surface area contributed by atoms with Crippen LogP contribution in [0.15, 0.2) is 23.0 Å². The van der Waals surface area contributed by atoms with Gasteiger partial charge in [-0.05, 0) is 55.9 Å². The van der Waals surface area contributed by atoms with E-state index in [2.05, 4.69) is 0 Å². The highest BCUT2D eigenvalue weighted by atomic mass is 16.6. The van der Waals surface area contributed by atoms with Crippen LogP contribution in [-0.4, -0.2) is 38.3 Å². The van der Waals surface area contributed by atoms with Crippen LogP contribution in [0.5, 0.6) is 5.75 Å². The molecular weight excluding hydrogens is 528 g/mol. The summed E-state index contributed by atoms with van der Waals surface area (Å²) in [7, 11) is 0. The van der Waals surface area contributed by atoms with Crippen LogP contribution < -0.4 is 21.5 Å². The quantitative estimate of drug-likeness (QED) is 0.104. The van der Waals surface area contributed by atoms with Crippen LogP contribution in [0.4, 0.5) is 0 Å². The Morgan fingerprint density at radius 2 is 2.02 bits per heavy atom. The number of rotatable bonds is 9. The number of nitrogens with one attached hydrogen (secondary N) is 1. The maximum absolute atomic E-state index is 13.6. The number of aromatic nitrogens is 2. The van der Waals surface area contributed by atoms with Gasteiger partial charge in [-0.3, -0.25) is 14.8 Å². The van der Waals surface area contributed by atoms with Crippen molar-refractivity contribution in [1.82, 2.24) is 15.0 Å². The molecule has 41 heavy (non-hydrogen) atoms. The number of amides is 1. The molecule has 2 atom stereocenters. The number of hydroxylamine groups is 1. The second kappa shape index (κ2) is 10.6. The number of hydrogen-bond acceptors (Lipinski definition) is 9. The first-order valence-corrected chi connectivity index (χ1v) is 14.2. The van der Waals surface area contributed by atoms with Crippen LogP contribution in [-0.2, 0) is 39.5 Å². The number of fused-ring (bicyclic) bond motifs is 5. The van der Waals surface area contributed by atoms with Gasteiger partial charge in [-0.25, -0.2) is 15.3 Å². The first-order valence-electron chi connectivity index (χ1n) is 14.2. The van der Waals surface area contributed by atoms with Gasteiger partial charge in [0.05, 0.1) is 35.6 Å². The minimum absolute atomic E-state index is 0.0862. The number of unbranched alkanes of at least 4 members (excludes halogenated alkanes) is 3. The highest BCUT2D eigenvalue weighted by Gasteiger charge is 2.45. The predicted octanol–water partition coefficient (Wildman–Crippen LogP) is 2.86. The number of benzene rings is 1. The number of aliphatic hydroxyl groups is 1. The molecule has 11 nitrogen and oxygen atoms in total. The van der Waals surface area contributed by atoms with Crippen molar-refractivity contribution in [1.29, 1.82) is 0 Å². The number of nitrogens with zero attached hydrogens (tertiary/aromatic N) is 2. The summed E-state index contributed by atoms with van der Waals surface area (Å²) in [5, 5.41) is 20.7. The van der Waals surface area contributed by atoms with Crippen molar-refractivity contribution in [3.05, 3.63) is 56.4 Å². The fourth-order valence-electron chi connectivity index (χ4n) is 6.48. The molecule has 11 heteroatoms. The molecule has 0 unspecified atom stereocenters. The van der Waals surface area contributed by atoms with Gasteiger partial charge in [-0.1, -0.05) is 19.8 Å². The van der Waals surface area contributed by atoms with Gasteiger partial charge in [0, 0.05) is 34.5 Å². The number of carbonyl (C=O) groups is 2.